The molecular weight excluding hydrogens is 234 g/mol. The number of aliphatic hydroxyl groups excluding tert-OH is 1. The number of aliphatic hydroxyl groups is 1. The summed E-state index contributed by atoms with van der Waals surface area (Å²) in [6, 6.07) is -1.20. The molecule has 6 nitrogen and oxygen atoms in total. The van der Waals surface area contributed by atoms with Crippen molar-refractivity contribution in [1.29, 1.82) is 0 Å². The number of hydrogen-bond acceptors (Lipinski definition) is 5. The van der Waals surface area contributed by atoms with Gasteiger partial charge in [-0.05, 0) is 0 Å². The van der Waals surface area contributed by atoms with Crippen LogP contribution in [-0.4, -0.2) is 56.5 Å². The van der Waals surface area contributed by atoms with E-state index in [1.165, 1.54) is 6.92 Å². The summed E-state index contributed by atoms with van der Waals surface area (Å²) in [5, 5.41) is 17.4. The molecule has 16 heavy (non-hydrogen) atoms. The van der Waals surface area contributed by atoms with Crippen molar-refractivity contribution in [3.8, 4) is 0 Å². The molecule has 2 N–H and O–H groups in total. The number of carboxylic acid groups (broad SMARTS) is 1. The lowest BCUT2D eigenvalue weighted by Gasteiger charge is -2.22. The maximum atomic E-state index is 11.5. The first-order valence-electron chi connectivity index (χ1n) is 4.76. The number of hydrogen-bond donors (Lipinski definition) is 2. The maximum Gasteiger partial charge on any atom is 0.328 e. The highest BCUT2D eigenvalue weighted by molar-refractivity contribution is 8.14. The third kappa shape index (κ3) is 2.96. The highest BCUT2D eigenvalue weighted by Crippen LogP contribution is 2.25. The lowest BCUT2D eigenvalue weighted by molar-refractivity contribution is -0.149. The maximum absolute atomic E-state index is 11.5. The standard InChI is InChI=1S/C9H13NO5S/c1-5(12)16-6-2-8(13)10(3-6)7(4-11)9(14)15/h6-7,11H,2-4H2,1H3,(H,14,15)/t6?,7-/m0/s1. The fourth-order valence-electron chi connectivity index (χ4n) is 1.62. The minimum absolute atomic E-state index is 0.101. The molecule has 1 aliphatic rings. The first kappa shape index (κ1) is 13.0. The zero-order valence-electron chi connectivity index (χ0n) is 8.75. The number of amides is 1. The Hall–Kier alpha value is -1.08. The number of thioether (sulfide) groups is 1. The van der Waals surface area contributed by atoms with Crippen LogP contribution in [0.2, 0.25) is 0 Å². The molecule has 0 saturated carbocycles. The number of rotatable bonds is 4. The molecule has 0 aliphatic carbocycles. The summed E-state index contributed by atoms with van der Waals surface area (Å²) >= 11 is 1.03. The smallest absolute Gasteiger partial charge is 0.328 e. The number of carbonyl (C=O) groups excluding carboxylic acids is 2. The molecule has 0 aromatic rings. The van der Waals surface area contributed by atoms with Gasteiger partial charge in [-0.2, -0.15) is 0 Å². The zero-order chi connectivity index (χ0) is 12.3. The van der Waals surface area contributed by atoms with E-state index in [1.54, 1.807) is 0 Å². The fourth-order valence-corrected chi connectivity index (χ4v) is 2.55. The van der Waals surface area contributed by atoms with Crippen LogP contribution in [0.25, 0.3) is 0 Å². The van der Waals surface area contributed by atoms with Gasteiger partial charge < -0.3 is 15.1 Å². The van der Waals surface area contributed by atoms with Gasteiger partial charge in [0.25, 0.3) is 0 Å². The molecule has 2 atom stereocenters. The lowest BCUT2D eigenvalue weighted by atomic mass is 10.3. The summed E-state index contributed by atoms with van der Waals surface area (Å²) in [6.45, 7) is 0.984. The van der Waals surface area contributed by atoms with Gasteiger partial charge in [0.1, 0.15) is 0 Å². The van der Waals surface area contributed by atoms with E-state index in [0.29, 0.717) is 0 Å². The van der Waals surface area contributed by atoms with E-state index in [-0.39, 0.29) is 29.2 Å². The van der Waals surface area contributed by atoms with Crippen LogP contribution in [0, 0.1) is 0 Å². The second kappa shape index (κ2) is 5.31. The SMILES string of the molecule is CC(=O)SC1CC(=O)N([C@@H](CO)C(=O)O)C1. The van der Waals surface area contributed by atoms with Crippen LogP contribution in [0.15, 0.2) is 0 Å². The zero-order valence-corrected chi connectivity index (χ0v) is 9.57. The van der Waals surface area contributed by atoms with Gasteiger partial charge in [-0.3, -0.25) is 9.59 Å². The molecule has 0 bridgehead atoms. The van der Waals surface area contributed by atoms with Crippen molar-refractivity contribution in [2.75, 3.05) is 13.2 Å². The van der Waals surface area contributed by atoms with E-state index in [1.807, 2.05) is 0 Å². The lowest BCUT2D eigenvalue weighted by Crippen LogP contribution is -2.44. The van der Waals surface area contributed by atoms with Crippen molar-refractivity contribution in [2.24, 2.45) is 0 Å². The van der Waals surface area contributed by atoms with E-state index in [2.05, 4.69) is 0 Å². The second-order valence-electron chi connectivity index (χ2n) is 3.52. The molecule has 90 valence electrons. The molecule has 0 radical (unpaired) electrons. The predicted octanol–water partition coefficient (Wildman–Crippen LogP) is -0.688. The Morgan fingerprint density at radius 1 is 1.62 bits per heavy atom. The van der Waals surface area contributed by atoms with Crippen LogP contribution >= 0.6 is 11.8 Å². The molecule has 1 fully saturated rings. The van der Waals surface area contributed by atoms with Gasteiger partial charge in [-0.15, -0.1) is 0 Å². The Morgan fingerprint density at radius 2 is 2.25 bits per heavy atom. The number of carbonyl (C=O) groups is 3. The van der Waals surface area contributed by atoms with Crippen LogP contribution in [0.1, 0.15) is 13.3 Å². The summed E-state index contributed by atoms with van der Waals surface area (Å²) in [5.74, 6) is -1.57. The summed E-state index contributed by atoms with van der Waals surface area (Å²) in [6.07, 6.45) is 0.147. The number of likely N-dealkylation sites (tertiary alicyclic amines) is 1. The van der Waals surface area contributed by atoms with E-state index >= 15 is 0 Å². The largest absolute Gasteiger partial charge is 0.480 e. The molecule has 1 rings (SSSR count). The molecule has 0 aromatic heterocycles. The normalized spacial score (nSPS) is 22.2. The quantitative estimate of drug-likeness (QED) is 0.683. The minimum Gasteiger partial charge on any atom is -0.480 e. The average molecular weight is 247 g/mol. The Morgan fingerprint density at radius 3 is 2.69 bits per heavy atom. The Balaban J connectivity index is 2.66. The van der Waals surface area contributed by atoms with Gasteiger partial charge in [0.15, 0.2) is 11.2 Å². The summed E-state index contributed by atoms with van der Waals surface area (Å²) in [5.41, 5.74) is 0. The fraction of sp³-hybridized carbons (Fsp3) is 0.667. The van der Waals surface area contributed by atoms with Crippen molar-refractivity contribution in [1.82, 2.24) is 4.90 Å². The van der Waals surface area contributed by atoms with Crippen molar-refractivity contribution in [3.63, 3.8) is 0 Å². The topological polar surface area (TPSA) is 94.9 Å². The summed E-state index contributed by atoms with van der Waals surface area (Å²) < 4.78 is 0. The monoisotopic (exact) mass is 247 g/mol. The number of carboxylic acids is 1. The highest BCUT2D eigenvalue weighted by Gasteiger charge is 2.38. The molecule has 0 spiro atoms. The summed E-state index contributed by atoms with van der Waals surface area (Å²) in [7, 11) is 0. The minimum atomic E-state index is -1.23. The van der Waals surface area contributed by atoms with Crippen molar-refractivity contribution in [3.05, 3.63) is 0 Å². The molecular formula is C9H13NO5S. The molecule has 1 heterocycles. The van der Waals surface area contributed by atoms with Crippen LogP contribution in [0.4, 0.5) is 0 Å². The van der Waals surface area contributed by atoms with Crippen molar-refractivity contribution >= 4 is 28.8 Å². The Kier molecular flexibility index (Phi) is 4.31. The molecule has 0 aromatic carbocycles. The number of nitrogens with zero attached hydrogens (tertiary/aromatic N) is 1. The average Bonchev–Trinajstić information content (AvgIpc) is 2.46. The van der Waals surface area contributed by atoms with Gasteiger partial charge >= 0.3 is 5.97 Å². The third-order valence-corrected chi connectivity index (χ3v) is 3.27. The molecule has 1 unspecified atom stereocenters. The van der Waals surface area contributed by atoms with E-state index in [9.17, 15) is 14.4 Å². The van der Waals surface area contributed by atoms with Crippen molar-refractivity contribution in [2.45, 2.75) is 24.6 Å². The van der Waals surface area contributed by atoms with E-state index in [0.717, 1.165) is 16.7 Å². The van der Waals surface area contributed by atoms with E-state index < -0.39 is 18.6 Å². The Bertz CT molecular complexity index is 319. The van der Waals surface area contributed by atoms with Gasteiger partial charge in [0.2, 0.25) is 5.91 Å². The predicted molar refractivity (Wildman–Crippen MR) is 56.9 cm³/mol. The first-order chi connectivity index (χ1) is 7.45. The highest BCUT2D eigenvalue weighted by atomic mass is 32.2. The Labute approximate surface area is 96.6 Å². The second-order valence-corrected chi connectivity index (χ2v) is 5.00. The molecule has 1 amide bonds. The van der Waals surface area contributed by atoms with Crippen LogP contribution in [0.3, 0.4) is 0 Å². The van der Waals surface area contributed by atoms with Gasteiger partial charge in [0, 0.05) is 25.1 Å². The van der Waals surface area contributed by atoms with Gasteiger partial charge in [-0.1, -0.05) is 11.8 Å². The van der Waals surface area contributed by atoms with Gasteiger partial charge in [0.05, 0.1) is 6.61 Å². The van der Waals surface area contributed by atoms with Crippen LogP contribution < -0.4 is 0 Å². The molecule has 1 aliphatic heterocycles. The van der Waals surface area contributed by atoms with Crippen LogP contribution in [-0.2, 0) is 14.4 Å². The van der Waals surface area contributed by atoms with Gasteiger partial charge in [-0.25, -0.2) is 4.79 Å². The molecule has 7 heteroatoms. The molecule has 1 saturated heterocycles. The van der Waals surface area contributed by atoms with E-state index in [4.69, 9.17) is 10.2 Å². The van der Waals surface area contributed by atoms with Crippen LogP contribution in [0.5, 0.6) is 0 Å². The summed E-state index contributed by atoms with van der Waals surface area (Å²) in [4.78, 5) is 34.2. The number of aliphatic carboxylic acids is 1. The first-order valence-corrected chi connectivity index (χ1v) is 5.64. The van der Waals surface area contributed by atoms with Crippen molar-refractivity contribution < 1.29 is 24.6 Å². The third-order valence-electron chi connectivity index (χ3n) is 2.29.